The average molecular weight is 298 g/mol. The van der Waals surface area contributed by atoms with Gasteiger partial charge in [0.2, 0.25) is 0 Å². The van der Waals surface area contributed by atoms with Crippen LogP contribution >= 0.6 is 23.1 Å². The highest BCUT2D eigenvalue weighted by Gasteiger charge is 2.17. The standard InChI is InChI=1S/C13H15FN2OS2/c1-17-7-9-11(6-15)19-13(16-9)12-8(14)4-3-5-10(12)18-2/h3-5H,6-7,15H2,1-2H3. The van der Waals surface area contributed by atoms with E-state index in [4.69, 9.17) is 10.5 Å². The van der Waals surface area contributed by atoms with E-state index < -0.39 is 0 Å². The van der Waals surface area contributed by atoms with Crippen molar-refractivity contribution in [1.82, 2.24) is 4.98 Å². The Labute approximate surface area is 120 Å². The van der Waals surface area contributed by atoms with Gasteiger partial charge in [-0.1, -0.05) is 6.07 Å². The van der Waals surface area contributed by atoms with Crippen LogP contribution in [0.4, 0.5) is 4.39 Å². The lowest BCUT2D eigenvalue weighted by atomic mass is 10.2. The van der Waals surface area contributed by atoms with E-state index in [1.807, 2.05) is 12.3 Å². The smallest absolute Gasteiger partial charge is 0.134 e. The van der Waals surface area contributed by atoms with E-state index in [0.717, 1.165) is 15.5 Å². The first-order chi connectivity index (χ1) is 9.21. The molecular formula is C13H15FN2OS2. The molecule has 102 valence electrons. The first kappa shape index (κ1) is 14.5. The van der Waals surface area contributed by atoms with Crippen LogP contribution in [0.25, 0.3) is 10.6 Å². The van der Waals surface area contributed by atoms with Crippen molar-refractivity contribution in [3.8, 4) is 10.6 Å². The maximum Gasteiger partial charge on any atom is 0.134 e. The molecule has 0 aliphatic carbocycles. The van der Waals surface area contributed by atoms with Gasteiger partial charge in [-0.05, 0) is 18.4 Å². The number of nitrogens with zero attached hydrogens (tertiary/aromatic N) is 1. The lowest BCUT2D eigenvalue weighted by molar-refractivity contribution is 0.181. The summed E-state index contributed by atoms with van der Waals surface area (Å²) in [5.74, 6) is -0.256. The number of rotatable bonds is 5. The molecule has 3 nitrogen and oxygen atoms in total. The Morgan fingerprint density at radius 3 is 2.89 bits per heavy atom. The summed E-state index contributed by atoms with van der Waals surface area (Å²) >= 11 is 2.93. The number of thiazole rings is 1. The minimum Gasteiger partial charge on any atom is -0.378 e. The molecule has 6 heteroatoms. The van der Waals surface area contributed by atoms with Crippen molar-refractivity contribution in [2.75, 3.05) is 13.4 Å². The van der Waals surface area contributed by atoms with Crippen LogP contribution in [0.1, 0.15) is 10.6 Å². The van der Waals surface area contributed by atoms with Crippen LogP contribution in [-0.2, 0) is 17.9 Å². The van der Waals surface area contributed by atoms with Gasteiger partial charge in [0.25, 0.3) is 0 Å². The van der Waals surface area contributed by atoms with E-state index >= 15 is 0 Å². The molecule has 1 aromatic carbocycles. The minimum atomic E-state index is -0.256. The predicted molar refractivity (Wildman–Crippen MR) is 77.9 cm³/mol. The van der Waals surface area contributed by atoms with Gasteiger partial charge in [-0.15, -0.1) is 23.1 Å². The monoisotopic (exact) mass is 298 g/mol. The van der Waals surface area contributed by atoms with Crippen molar-refractivity contribution >= 4 is 23.1 Å². The summed E-state index contributed by atoms with van der Waals surface area (Å²) in [6.45, 7) is 0.783. The van der Waals surface area contributed by atoms with E-state index in [9.17, 15) is 4.39 Å². The fraction of sp³-hybridized carbons (Fsp3) is 0.308. The third kappa shape index (κ3) is 2.97. The van der Waals surface area contributed by atoms with Gasteiger partial charge in [0.15, 0.2) is 0 Å². The number of benzene rings is 1. The molecular weight excluding hydrogens is 283 g/mol. The normalized spacial score (nSPS) is 10.9. The summed E-state index contributed by atoms with van der Waals surface area (Å²) in [6, 6.07) is 5.05. The van der Waals surface area contributed by atoms with Gasteiger partial charge in [0, 0.05) is 23.4 Å². The van der Waals surface area contributed by atoms with Gasteiger partial charge in [-0.2, -0.15) is 0 Å². The zero-order valence-electron chi connectivity index (χ0n) is 10.8. The van der Waals surface area contributed by atoms with Gasteiger partial charge in [0.05, 0.1) is 17.9 Å². The van der Waals surface area contributed by atoms with Crippen LogP contribution in [-0.4, -0.2) is 18.3 Å². The van der Waals surface area contributed by atoms with Crippen molar-refractivity contribution in [3.05, 3.63) is 34.6 Å². The van der Waals surface area contributed by atoms with E-state index in [-0.39, 0.29) is 5.82 Å². The zero-order valence-corrected chi connectivity index (χ0v) is 12.4. The Balaban J connectivity index is 2.53. The summed E-state index contributed by atoms with van der Waals surface area (Å²) in [5, 5.41) is 0.662. The number of nitrogens with two attached hydrogens (primary N) is 1. The van der Waals surface area contributed by atoms with Crippen molar-refractivity contribution in [3.63, 3.8) is 0 Å². The number of hydrogen-bond acceptors (Lipinski definition) is 5. The molecule has 2 aromatic rings. The molecule has 0 fully saturated rings. The molecule has 19 heavy (non-hydrogen) atoms. The Hall–Kier alpha value is -0.950. The second kappa shape index (κ2) is 6.47. The summed E-state index contributed by atoms with van der Waals surface area (Å²) in [6.07, 6.45) is 1.92. The van der Waals surface area contributed by atoms with Gasteiger partial charge >= 0.3 is 0 Å². The largest absolute Gasteiger partial charge is 0.378 e. The van der Waals surface area contributed by atoms with Crippen molar-refractivity contribution in [1.29, 1.82) is 0 Å². The molecule has 2 N–H and O–H groups in total. The first-order valence-electron chi connectivity index (χ1n) is 5.71. The molecule has 0 amide bonds. The molecule has 0 radical (unpaired) electrons. The lowest BCUT2D eigenvalue weighted by Crippen LogP contribution is -1.99. The van der Waals surface area contributed by atoms with Crippen LogP contribution in [0.5, 0.6) is 0 Å². The Morgan fingerprint density at radius 1 is 1.47 bits per heavy atom. The van der Waals surface area contributed by atoms with E-state index in [1.54, 1.807) is 13.2 Å². The fourth-order valence-electron chi connectivity index (χ4n) is 1.78. The highest BCUT2D eigenvalue weighted by Crippen LogP contribution is 2.36. The molecule has 0 bridgehead atoms. The molecule has 0 spiro atoms. The maximum absolute atomic E-state index is 14.0. The summed E-state index contributed by atoms with van der Waals surface area (Å²) < 4.78 is 19.1. The molecule has 0 atom stereocenters. The van der Waals surface area contributed by atoms with Crippen LogP contribution in [0.2, 0.25) is 0 Å². The second-order valence-electron chi connectivity index (χ2n) is 3.84. The summed E-state index contributed by atoms with van der Waals surface area (Å²) in [7, 11) is 1.61. The van der Waals surface area contributed by atoms with Gasteiger partial charge in [-0.3, -0.25) is 0 Å². The number of ether oxygens (including phenoxy) is 1. The van der Waals surface area contributed by atoms with Gasteiger partial charge in [0.1, 0.15) is 10.8 Å². The van der Waals surface area contributed by atoms with Gasteiger partial charge < -0.3 is 10.5 Å². The number of aromatic nitrogens is 1. The molecule has 0 unspecified atom stereocenters. The molecule has 0 saturated carbocycles. The summed E-state index contributed by atoms with van der Waals surface area (Å²) in [5.41, 5.74) is 7.04. The fourth-order valence-corrected chi connectivity index (χ4v) is 3.46. The lowest BCUT2D eigenvalue weighted by Gasteiger charge is -2.05. The third-order valence-electron chi connectivity index (χ3n) is 2.65. The predicted octanol–water partition coefficient (Wildman–Crippen LogP) is 3.28. The average Bonchev–Trinajstić information content (AvgIpc) is 2.81. The quantitative estimate of drug-likeness (QED) is 0.861. The van der Waals surface area contributed by atoms with Crippen LogP contribution in [0.3, 0.4) is 0 Å². The zero-order chi connectivity index (χ0) is 13.8. The molecule has 0 aliphatic rings. The van der Waals surface area contributed by atoms with Crippen molar-refractivity contribution in [2.45, 2.75) is 18.0 Å². The number of halogens is 1. The van der Waals surface area contributed by atoms with Crippen molar-refractivity contribution in [2.24, 2.45) is 5.73 Å². The van der Waals surface area contributed by atoms with Crippen LogP contribution in [0.15, 0.2) is 23.1 Å². The molecule has 2 rings (SSSR count). The molecule has 1 heterocycles. The van der Waals surface area contributed by atoms with E-state index in [2.05, 4.69) is 4.98 Å². The van der Waals surface area contributed by atoms with Crippen molar-refractivity contribution < 1.29 is 9.13 Å². The minimum absolute atomic E-state index is 0.256. The molecule has 0 saturated heterocycles. The Morgan fingerprint density at radius 2 is 2.26 bits per heavy atom. The molecule has 1 aromatic heterocycles. The third-order valence-corrected chi connectivity index (χ3v) is 4.57. The number of hydrogen-bond donors (Lipinski definition) is 1. The Kier molecular flexibility index (Phi) is 4.93. The van der Waals surface area contributed by atoms with Crippen LogP contribution < -0.4 is 5.73 Å². The number of methoxy groups -OCH3 is 1. The van der Waals surface area contributed by atoms with E-state index in [1.165, 1.54) is 29.2 Å². The molecule has 0 aliphatic heterocycles. The SMILES string of the molecule is COCc1nc(-c2c(F)cccc2SC)sc1CN. The number of thioether (sulfide) groups is 1. The highest BCUT2D eigenvalue weighted by molar-refractivity contribution is 7.98. The first-order valence-corrected chi connectivity index (χ1v) is 7.75. The Bertz CT molecular complexity index is 572. The second-order valence-corrected chi connectivity index (χ2v) is 5.77. The topological polar surface area (TPSA) is 48.1 Å². The van der Waals surface area contributed by atoms with E-state index in [0.29, 0.717) is 23.7 Å². The van der Waals surface area contributed by atoms with Crippen LogP contribution in [0, 0.1) is 5.82 Å². The maximum atomic E-state index is 14.0. The highest BCUT2D eigenvalue weighted by atomic mass is 32.2. The van der Waals surface area contributed by atoms with Gasteiger partial charge in [-0.25, -0.2) is 9.37 Å². The summed E-state index contributed by atoms with van der Waals surface area (Å²) in [4.78, 5) is 6.28.